The molecular weight excluding hydrogens is 435 g/mol. The summed E-state index contributed by atoms with van der Waals surface area (Å²) in [5.41, 5.74) is 0.981. The monoisotopic (exact) mass is 454 g/mol. The zero-order valence-electron chi connectivity index (χ0n) is 14.8. The van der Waals surface area contributed by atoms with Crippen LogP contribution in [0, 0.1) is 12.7 Å². The normalized spacial score (nSPS) is 18.3. The van der Waals surface area contributed by atoms with Crippen molar-refractivity contribution < 1.29 is 17.6 Å². The van der Waals surface area contributed by atoms with Gasteiger partial charge in [0, 0.05) is 11.0 Å². The van der Waals surface area contributed by atoms with Crippen molar-refractivity contribution in [3.05, 3.63) is 58.3 Å². The van der Waals surface area contributed by atoms with Gasteiger partial charge in [-0.1, -0.05) is 40.0 Å². The number of hydrogen-bond donors (Lipinski definition) is 1. The Morgan fingerprint density at radius 3 is 2.56 bits per heavy atom. The van der Waals surface area contributed by atoms with E-state index in [1.165, 1.54) is 16.4 Å². The van der Waals surface area contributed by atoms with E-state index in [0.29, 0.717) is 17.3 Å². The number of hydrogen-bond acceptors (Lipinski definition) is 3. The molecule has 0 unspecified atom stereocenters. The largest absolute Gasteiger partial charge is 0.322 e. The number of sulfonamides is 1. The number of rotatable bonds is 4. The van der Waals surface area contributed by atoms with Crippen LogP contribution in [0.5, 0.6) is 0 Å². The van der Waals surface area contributed by atoms with E-state index in [1.807, 2.05) is 6.92 Å². The van der Waals surface area contributed by atoms with Gasteiger partial charge in [-0.2, -0.15) is 4.31 Å². The Morgan fingerprint density at radius 2 is 1.89 bits per heavy atom. The van der Waals surface area contributed by atoms with Gasteiger partial charge in [0.2, 0.25) is 15.9 Å². The average molecular weight is 455 g/mol. The molecule has 0 bridgehead atoms. The number of nitrogens with zero attached hydrogens (tertiary/aromatic N) is 1. The van der Waals surface area contributed by atoms with E-state index in [9.17, 15) is 17.6 Å². The van der Waals surface area contributed by atoms with Crippen LogP contribution in [0.15, 0.2) is 51.8 Å². The van der Waals surface area contributed by atoms with Crippen molar-refractivity contribution in [3.8, 4) is 0 Å². The Hall–Kier alpha value is -1.77. The van der Waals surface area contributed by atoms with Crippen LogP contribution in [0.25, 0.3) is 0 Å². The van der Waals surface area contributed by atoms with Gasteiger partial charge in [0.25, 0.3) is 0 Å². The first kappa shape index (κ1) is 20.0. The molecule has 1 amide bonds. The van der Waals surface area contributed by atoms with Gasteiger partial charge in [-0.05, 0) is 50.1 Å². The summed E-state index contributed by atoms with van der Waals surface area (Å²) >= 11 is 3.17. The van der Waals surface area contributed by atoms with E-state index in [-0.39, 0.29) is 17.1 Å². The molecule has 2 aromatic rings. The minimum atomic E-state index is -3.81. The van der Waals surface area contributed by atoms with Gasteiger partial charge in [0.05, 0.1) is 10.6 Å². The molecule has 144 valence electrons. The second-order valence-corrected chi connectivity index (χ2v) is 9.36. The first-order valence-electron chi connectivity index (χ1n) is 8.63. The summed E-state index contributed by atoms with van der Waals surface area (Å²) in [5, 5.41) is 2.53. The highest BCUT2D eigenvalue weighted by Gasteiger charge is 2.37. The predicted octanol–water partition coefficient (Wildman–Crippen LogP) is 4.08. The average Bonchev–Trinajstić information content (AvgIpc) is 2.64. The fraction of sp³-hybridized carbons (Fsp3) is 0.316. The summed E-state index contributed by atoms with van der Waals surface area (Å²) < 4.78 is 41.9. The molecule has 5 nitrogen and oxygen atoms in total. The molecular formula is C19H20BrFN2O3S. The molecule has 0 aliphatic carbocycles. The predicted molar refractivity (Wildman–Crippen MR) is 105 cm³/mol. The van der Waals surface area contributed by atoms with Gasteiger partial charge in [0.15, 0.2) is 0 Å². The molecule has 1 fully saturated rings. The smallest absolute Gasteiger partial charge is 0.243 e. The second kappa shape index (κ2) is 8.08. The van der Waals surface area contributed by atoms with Crippen LogP contribution in [0.3, 0.4) is 0 Å². The van der Waals surface area contributed by atoms with Gasteiger partial charge in [-0.25, -0.2) is 12.8 Å². The second-order valence-electron chi connectivity index (χ2n) is 6.55. The van der Waals surface area contributed by atoms with E-state index in [0.717, 1.165) is 12.0 Å². The molecule has 1 N–H and O–H groups in total. The molecule has 3 rings (SSSR count). The summed E-state index contributed by atoms with van der Waals surface area (Å²) in [7, 11) is -3.81. The van der Waals surface area contributed by atoms with Crippen LogP contribution >= 0.6 is 15.9 Å². The highest BCUT2D eigenvalue weighted by molar-refractivity contribution is 9.10. The Kier molecular flexibility index (Phi) is 5.98. The van der Waals surface area contributed by atoms with Gasteiger partial charge in [-0.3, -0.25) is 4.79 Å². The molecule has 1 saturated heterocycles. The molecule has 27 heavy (non-hydrogen) atoms. The lowest BCUT2D eigenvalue weighted by molar-refractivity contribution is -0.120. The summed E-state index contributed by atoms with van der Waals surface area (Å²) in [4.78, 5) is 12.9. The van der Waals surface area contributed by atoms with Gasteiger partial charge >= 0.3 is 0 Å². The van der Waals surface area contributed by atoms with E-state index >= 15 is 0 Å². The Balaban J connectivity index is 1.86. The number of benzene rings is 2. The third-order valence-electron chi connectivity index (χ3n) is 4.57. The minimum Gasteiger partial charge on any atom is -0.322 e. The molecule has 0 aromatic heterocycles. The zero-order valence-corrected chi connectivity index (χ0v) is 17.2. The Bertz CT molecular complexity index is 948. The first-order valence-corrected chi connectivity index (χ1v) is 10.9. The summed E-state index contributed by atoms with van der Waals surface area (Å²) in [6.07, 6.45) is 1.82. The molecule has 0 radical (unpaired) electrons. The Labute approximate surface area is 166 Å². The third-order valence-corrected chi connectivity index (χ3v) is 6.99. The minimum absolute atomic E-state index is 0.0291. The number of nitrogens with one attached hydrogen (secondary N) is 1. The fourth-order valence-electron chi connectivity index (χ4n) is 3.11. The maximum absolute atomic E-state index is 14.0. The van der Waals surface area contributed by atoms with Crippen molar-refractivity contribution >= 4 is 37.5 Å². The molecule has 1 atom stereocenters. The number of amides is 1. The van der Waals surface area contributed by atoms with E-state index in [2.05, 4.69) is 21.2 Å². The van der Waals surface area contributed by atoms with Crippen molar-refractivity contribution in [2.75, 3.05) is 11.9 Å². The number of anilines is 1. The van der Waals surface area contributed by atoms with Crippen LogP contribution in [0.1, 0.15) is 24.8 Å². The molecule has 2 aromatic carbocycles. The lowest BCUT2D eigenvalue weighted by Gasteiger charge is -2.33. The summed E-state index contributed by atoms with van der Waals surface area (Å²) in [5.74, 6) is -1.10. The number of carbonyl (C=O) groups excluding carboxylic acids is 1. The highest BCUT2D eigenvalue weighted by atomic mass is 79.9. The van der Waals surface area contributed by atoms with Crippen LogP contribution in [0.4, 0.5) is 10.1 Å². The lowest BCUT2D eigenvalue weighted by Crippen LogP contribution is -2.49. The quantitative estimate of drug-likeness (QED) is 0.756. The van der Waals surface area contributed by atoms with Gasteiger partial charge < -0.3 is 5.32 Å². The zero-order chi connectivity index (χ0) is 19.6. The van der Waals surface area contributed by atoms with Crippen LogP contribution in [-0.2, 0) is 14.8 Å². The van der Waals surface area contributed by atoms with Crippen LogP contribution in [-0.4, -0.2) is 31.2 Å². The molecule has 0 spiro atoms. The van der Waals surface area contributed by atoms with Crippen LogP contribution < -0.4 is 5.32 Å². The number of piperidine rings is 1. The maximum Gasteiger partial charge on any atom is 0.243 e. The van der Waals surface area contributed by atoms with Crippen molar-refractivity contribution in [1.82, 2.24) is 4.31 Å². The SMILES string of the molecule is Cc1ccc(S(=O)(=O)N2CCCC[C@@H]2C(=O)Nc2ccc(Br)cc2F)cc1. The fourth-order valence-corrected chi connectivity index (χ4v) is 5.10. The maximum atomic E-state index is 14.0. The third kappa shape index (κ3) is 4.39. The molecule has 1 heterocycles. The molecule has 8 heteroatoms. The van der Waals surface area contributed by atoms with Gasteiger partial charge in [-0.15, -0.1) is 0 Å². The van der Waals surface area contributed by atoms with Crippen molar-refractivity contribution in [2.24, 2.45) is 0 Å². The standard InChI is InChI=1S/C19H20BrFN2O3S/c1-13-5-8-15(9-6-13)27(25,26)23-11-3-2-4-18(23)19(24)22-17-10-7-14(20)12-16(17)21/h5-10,12,18H,2-4,11H2,1H3,(H,22,24)/t18-/m1/s1. The van der Waals surface area contributed by atoms with Crippen molar-refractivity contribution in [1.29, 1.82) is 0 Å². The molecule has 1 aliphatic rings. The van der Waals surface area contributed by atoms with Gasteiger partial charge in [0.1, 0.15) is 11.9 Å². The number of aryl methyl sites for hydroxylation is 1. The van der Waals surface area contributed by atoms with E-state index < -0.39 is 27.8 Å². The molecule has 1 aliphatic heterocycles. The van der Waals surface area contributed by atoms with Crippen molar-refractivity contribution in [2.45, 2.75) is 37.1 Å². The first-order chi connectivity index (χ1) is 12.8. The topological polar surface area (TPSA) is 66.5 Å². The highest BCUT2D eigenvalue weighted by Crippen LogP contribution is 2.27. The Morgan fingerprint density at radius 1 is 1.19 bits per heavy atom. The summed E-state index contributed by atoms with van der Waals surface area (Å²) in [6, 6.07) is 9.97. The van der Waals surface area contributed by atoms with Crippen molar-refractivity contribution in [3.63, 3.8) is 0 Å². The van der Waals surface area contributed by atoms with Crippen LogP contribution in [0.2, 0.25) is 0 Å². The summed E-state index contributed by atoms with van der Waals surface area (Å²) in [6.45, 7) is 2.14. The molecule has 0 saturated carbocycles. The number of carbonyl (C=O) groups is 1. The van der Waals surface area contributed by atoms with E-state index in [4.69, 9.17) is 0 Å². The van der Waals surface area contributed by atoms with E-state index in [1.54, 1.807) is 30.3 Å². The number of halogens is 2. The lowest BCUT2D eigenvalue weighted by atomic mass is 10.0.